The Morgan fingerprint density at radius 1 is 1.69 bits per heavy atom. The molecule has 1 rings (SSSR count). The molecule has 1 aromatic heterocycles. The summed E-state index contributed by atoms with van der Waals surface area (Å²) >= 11 is 1.61. The smallest absolute Gasteiger partial charge is 0.223 e. The molecule has 0 aliphatic rings. The van der Waals surface area contributed by atoms with E-state index in [-0.39, 0.29) is 11.8 Å². The van der Waals surface area contributed by atoms with Crippen LogP contribution in [0.5, 0.6) is 0 Å². The molecule has 0 aliphatic heterocycles. The summed E-state index contributed by atoms with van der Waals surface area (Å²) in [5, 5.41) is 3.84. The number of aromatic nitrogens is 1. The van der Waals surface area contributed by atoms with Crippen molar-refractivity contribution < 1.29 is 4.79 Å². The van der Waals surface area contributed by atoms with Crippen LogP contribution in [0.1, 0.15) is 29.7 Å². The van der Waals surface area contributed by atoms with Crippen molar-refractivity contribution in [3.63, 3.8) is 0 Å². The standard InChI is InChI=1S/C11H19N3OS/c1-8(4-3-5-12)11(15)14-7-10-13-6-9(2)16-10/h6,8H,3-5,7,12H2,1-2H3,(H,14,15). The molecule has 0 saturated carbocycles. The summed E-state index contributed by atoms with van der Waals surface area (Å²) in [4.78, 5) is 17.0. The number of hydrogen-bond acceptors (Lipinski definition) is 4. The lowest BCUT2D eigenvalue weighted by molar-refractivity contribution is -0.124. The number of rotatable bonds is 6. The molecule has 0 aromatic carbocycles. The molecule has 0 bridgehead atoms. The van der Waals surface area contributed by atoms with E-state index in [0.717, 1.165) is 17.8 Å². The molecule has 16 heavy (non-hydrogen) atoms. The number of amides is 1. The van der Waals surface area contributed by atoms with Gasteiger partial charge in [-0.2, -0.15) is 0 Å². The van der Waals surface area contributed by atoms with Crippen LogP contribution in [-0.2, 0) is 11.3 Å². The number of nitrogens with zero attached hydrogens (tertiary/aromatic N) is 1. The number of aryl methyl sites for hydroxylation is 1. The fourth-order valence-corrected chi connectivity index (χ4v) is 2.10. The normalized spacial score (nSPS) is 12.4. The average molecular weight is 241 g/mol. The fraction of sp³-hybridized carbons (Fsp3) is 0.636. The van der Waals surface area contributed by atoms with Gasteiger partial charge < -0.3 is 11.1 Å². The highest BCUT2D eigenvalue weighted by Crippen LogP contribution is 2.11. The van der Waals surface area contributed by atoms with Gasteiger partial charge in [0.25, 0.3) is 0 Å². The molecule has 1 aromatic rings. The van der Waals surface area contributed by atoms with E-state index < -0.39 is 0 Å². The maximum Gasteiger partial charge on any atom is 0.223 e. The number of hydrogen-bond donors (Lipinski definition) is 2. The second-order valence-electron chi connectivity index (χ2n) is 3.91. The number of carbonyl (C=O) groups excluding carboxylic acids is 1. The lowest BCUT2D eigenvalue weighted by Crippen LogP contribution is -2.29. The third-order valence-electron chi connectivity index (χ3n) is 2.37. The molecule has 90 valence electrons. The van der Waals surface area contributed by atoms with E-state index in [1.54, 1.807) is 11.3 Å². The zero-order valence-corrected chi connectivity index (χ0v) is 10.6. The van der Waals surface area contributed by atoms with Gasteiger partial charge in [0.05, 0.1) is 6.54 Å². The highest BCUT2D eigenvalue weighted by atomic mass is 32.1. The van der Waals surface area contributed by atoms with E-state index in [1.807, 2.05) is 20.0 Å². The zero-order valence-electron chi connectivity index (χ0n) is 9.82. The SMILES string of the molecule is Cc1cnc(CNC(=O)C(C)CCCN)s1. The molecule has 1 heterocycles. The first kappa shape index (κ1) is 13.1. The third kappa shape index (κ3) is 4.28. The minimum absolute atomic E-state index is 0.0320. The Hall–Kier alpha value is -0.940. The first-order chi connectivity index (χ1) is 7.63. The van der Waals surface area contributed by atoms with Crippen LogP contribution in [0.25, 0.3) is 0 Å². The van der Waals surface area contributed by atoms with Crippen LogP contribution in [0, 0.1) is 12.8 Å². The van der Waals surface area contributed by atoms with Gasteiger partial charge in [-0.15, -0.1) is 11.3 Å². The van der Waals surface area contributed by atoms with Crippen LogP contribution >= 0.6 is 11.3 Å². The highest BCUT2D eigenvalue weighted by Gasteiger charge is 2.12. The predicted molar refractivity (Wildman–Crippen MR) is 66.2 cm³/mol. The summed E-state index contributed by atoms with van der Waals surface area (Å²) in [6.07, 6.45) is 3.56. The first-order valence-electron chi connectivity index (χ1n) is 5.52. The van der Waals surface area contributed by atoms with Gasteiger partial charge >= 0.3 is 0 Å². The highest BCUT2D eigenvalue weighted by molar-refractivity contribution is 7.11. The van der Waals surface area contributed by atoms with Crippen molar-refractivity contribution in [2.75, 3.05) is 6.54 Å². The number of carbonyl (C=O) groups is 1. The molecule has 0 saturated heterocycles. The van der Waals surface area contributed by atoms with E-state index in [9.17, 15) is 4.79 Å². The van der Waals surface area contributed by atoms with Crippen LogP contribution in [-0.4, -0.2) is 17.4 Å². The minimum Gasteiger partial charge on any atom is -0.349 e. The lowest BCUT2D eigenvalue weighted by atomic mass is 10.1. The van der Waals surface area contributed by atoms with E-state index in [1.165, 1.54) is 4.88 Å². The maximum atomic E-state index is 11.7. The van der Waals surface area contributed by atoms with Crippen molar-refractivity contribution in [2.45, 2.75) is 33.2 Å². The minimum atomic E-state index is 0.0320. The first-order valence-corrected chi connectivity index (χ1v) is 6.34. The van der Waals surface area contributed by atoms with E-state index in [4.69, 9.17) is 5.73 Å². The van der Waals surface area contributed by atoms with Crippen molar-refractivity contribution in [1.82, 2.24) is 10.3 Å². The molecule has 0 radical (unpaired) electrons. The molecule has 3 N–H and O–H groups in total. The monoisotopic (exact) mass is 241 g/mol. The summed E-state index contributed by atoms with van der Waals surface area (Å²) < 4.78 is 0. The summed E-state index contributed by atoms with van der Waals surface area (Å²) in [5.74, 6) is 0.117. The van der Waals surface area contributed by atoms with Crippen molar-refractivity contribution in [1.29, 1.82) is 0 Å². The van der Waals surface area contributed by atoms with Crippen molar-refractivity contribution >= 4 is 17.2 Å². The van der Waals surface area contributed by atoms with E-state index >= 15 is 0 Å². The van der Waals surface area contributed by atoms with Gasteiger partial charge in [-0.1, -0.05) is 6.92 Å². The molecule has 5 heteroatoms. The average Bonchev–Trinajstić information content (AvgIpc) is 2.68. The van der Waals surface area contributed by atoms with Crippen molar-refractivity contribution in [2.24, 2.45) is 11.7 Å². The van der Waals surface area contributed by atoms with Crippen LogP contribution in [0.15, 0.2) is 6.20 Å². The van der Waals surface area contributed by atoms with Crippen molar-refractivity contribution in [3.05, 3.63) is 16.1 Å². The molecule has 0 aliphatic carbocycles. The predicted octanol–water partition coefficient (Wildman–Crippen LogP) is 1.44. The molecule has 1 atom stereocenters. The maximum absolute atomic E-state index is 11.7. The van der Waals surface area contributed by atoms with E-state index in [2.05, 4.69) is 10.3 Å². The number of nitrogens with two attached hydrogens (primary N) is 1. The zero-order chi connectivity index (χ0) is 12.0. The van der Waals surface area contributed by atoms with Crippen LogP contribution in [0.4, 0.5) is 0 Å². The van der Waals surface area contributed by atoms with Crippen molar-refractivity contribution in [3.8, 4) is 0 Å². The fourth-order valence-electron chi connectivity index (χ4n) is 1.38. The molecule has 4 nitrogen and oxygen atoms in total. The Bertz CT molecular complexity index is 338. The van der Waals surface area contributed by atoms with Gasteiger partial charge in [0.2, 0.25) is 5.91 Å². The van der Waals surface area contributed by atoms with Crippen LogP contribution < -0.4 is 11.1 Å². The molecule has 0 fully saturated rings. The Kier molecular flexibility index (Phi) is 5.42. The topological polar surface area (TPSA) is 68.0 Å². The second-order valence-corrected chi connectivity index (χ2v) is 5.23. The van der Waals surface area contributed by atoms with Gasteiger partial charge in [-0.05, 0) is 26.3 Å². The largest absolute Gasteiger partial charge is 0.349 e. The Morgan fingerprint density at radius 3 is 3.00 bits per heavy atom. The number of nitrogens with one attached hydrogen (secondary N) is 1. The summed E-state index contributed by atoms with van der Waals surface area (Å²) in [5.41, 5.74) is 5.40. The van der Waals surface area contributed by atoms with Gasteiger partial charge in [0, 0.05) is 17.0 Å². The van der Waals surface area contributed by atoms with Crippen LogP contribution in [0.2, 0.25) is 0 Å². The van der Waals surface area contributed by atoms with Gasteiger partial charge in [0.1, 0.15) is 5.01 Å². The third-order valence-corrected chi connectivity index (χ3v) is 3.28. The molecular weight excluding hydrogens is 222 g/mol. The molecule has 0 spiro atoms. The number of thiazole rings is 1. The Morgan fingerprint density at radius 2 is 2.44 bits per heavy atom. The quantitative estimate of drug-likeness (QED) is 0.792. The van der Waals surface area contributed by atoms with Gasteiger partial charge in [0.15, 0.2) is 0 Å². The summed E-state index contributed by atoms with van der Waals surface area (Å²) in [6, 6.07) is 0. The Labute approximate surface area is 100 Å². The van der Waals surface area contributed by atoms with Crippen LogP contribution in [0.3, 0.4) is 0 Å². The van der Waals surface area contributed by atoms with Gasteiger partial charge in [-0.3, -0.25) is 4.79 Å². The van der Waals surface area contributed by atoms with E-state index in [0.29, 0.717) is 13.1 Å². The second kappa shape index (κ2) is 6.60. The lowest BCUT2D eigenvalue weighted by Gasteiger charge is -2.10. The molecule has 1 unspecified atom stereocenters. The summed E-state index contributed by atoms with van der Waals surface area (Å²) in [7, 11) is 0. The van der Waals surface area contributed by atoms with Gasteiger partial charge in [-0.25, -0.2) is 4.98 Å². The summed E-state index contributed by atoms with van der Waals surface area (Å²) in [6.45, 7) is 5.11. The Balaban J connectivity index is 2.29. The molecular formula is C11H19N3OS. The molecule has 1 amide bonds.